The predicted molar refractivity (Wildman–Crippen MR) is 54.8 cm³/mol. The Bertz CT molecular complexity index is 612. The smallest absolute Gasteiger partial charge is 0.316 e. The van der Waals surface area contributed by atoms with E-state index >= 15 is 0 Å². The molecule has 0 atom stereocenters. The number of H-pyrrole nitrogens is 1. The van der Waals surface area contributed by atoms with Gasteiger partial charge < -0.3 is 9.55 Å². The highest BCUT2D eigenvalue weighted by atomic mass is 35.5. The molecular formula is C9H7ClN2O2. The van der Waals surface area contributed by atoms with Crippen LogP contribution in [0.3, 0.4) is 0 Å². The van der Waals surface area contributed by atoms with Crippen molar-refractivity contribution in [1.29, 1.82) is 0 Å². The van der Waals surface area contributed by atoms with E-state index in [0.717, 1.165) is 0 Å². The number of rotatable bonds is 0. The lowest BCUT2D eigenvalue weighted by Gasteiger charge is -2.03. The number of hydrogen-bond donors (Lipinski definition) is 1. The highest BCUT2D eigenvalue weighted by Crippen LogP contribution is 2.14. The number of nitrogens with zero attached hydrogens (tertiary/aromatic N) is 1. The van der Waals surface area contributed by atoms with Gasteiger partial charge in [0.15, 0.2) is 0 Å². The van der Waals surface area contributed by atoms with E-state index in [1.165, 1.54) is 11.6 Å². The zero-order chi connectivity index (χ0) is 10.3. The minimum absolute atomic E-state index is 0.527. The van der Waals surface area contributed by atoms with Crippen LogP contribution in [-0.4, -0.2) is 9.55 Å². The average Bonchev–Trinajstić information content (AvgIpc) is 2.16. The largest absolute Gasteiger partial charge is 0.316 e. The van der Waals surface area contributed by atoms with Crippen molar-refractivity contribution >= 4 is 22.6 Å². The van der Waals surface area contributed by atoms with Gasteiger partial charge in [0.25, 0.3) is 0 Å². The van der Waals surface area contributed by atoms with Gasteiger partial charge in [-0.05, 0) is 18.2 Å². The second-order valence-corrected chi connectivity index (χ2v) is 3.42. The summed E-state index contributed by atoms with van der Waals surface area (Å²) in [7, 11) is 1.54. The summed E-state index contributed by atoms with van der Waals surface area (Å²) in [6.45, 7) is 0. The van der Waals surface area contributed by atoms with E-state index in [1.807, 2.05) is 0 Å². The highest BCUT2D eigenvalue weighted by molar-refractivity contribution is 6.31. The first-order valence-corrected chi connectivity index (χ1v) is 4.36. The van der Waals surface area contributed by atoms with E-state index in [2.05, 4.69) is 4.98 Å². The van der Waals surface area contributed by atoms with Gasteiger partial charge >= 0.3 is 11.1 Å². The fourth-order valence-corrected chi connectivity index (χ4v) is 1.49. The molecule has 14 heavy (non-hydrogen) atoms. The van der Waals surface area contributed by atoms with Gasteiger partial charge in [0, 0.05) is 12.1 Å². The van der Waals surface area contributed by atoms with Crippen molar-refractivity contribution in [2.45, 2.75) is 0 Å². The molecule has 0 spiro atoms. The van der Waals surface area contributed by atoms with E-state index in [1.54, 1.807) is 18.2 Å². The van der Waals surface area contributed by atoms with Crippen LogP contribution in [-0.2, 0) is 7.05 Å². The standard InChI is InChI=1S/C9H7ClN2O2/c1-12-7-4-5(10)2-3-6(7)11-8(13)9(12)14/h2-4H,1H3,(H,11,13). The van der Waals surface area contributed by atoms with E-state index in [-0.39, 0.29) is 0 Å². The van der Waals surface area contributed by atoms with Crippen molar-refractivity contribution in [1.82, 2.24) is 9.55 Å². The first-order valence-electron chi connectivity index (χ1n) is 3.98. The first-order chi connectivity index (χ1) is 6.59. The van der Waals surface area contributed by atoms with Crippen molar-refractivity contribution in [2.75, 3.05) is 0 Å². The molecule has 0 saturated carbocycles. The van der Waals surface area contributed by atoms with E-state index < -0.39 is 11.1 Å². The van der Waals surface area contributed by atoms with Crippen molar-refractivity contribution < 1.29 is 0 Å². The molecule has 0 radical (unpaired) electrons. The number of benzene rings is 1. The number of halogens is 1. The Kier molecular flexibility index (Phi) is 1.93. The van der Waals surface area contributed by atoms with E-state index in [4.69, 9.17) is 11.6 Å². The van der Waals surface area contributed by atoms with Crippen LogP contribution in [0.2, 0.25) is 5.02 Å². The molecule has 0 aliphatic heterocycles. The number of aryl methyl sites for hydroxylation is 1. The Morgan fingerprint density at radius 2 is 2.07 bits per heavy atom. The molecule has 0 bridgehead atoms. The summed E-state index contributed by atoms with van der Waals surface area (Å²) in [5.74, 6) is 0. The Hall–Kier alpha value is -1.55. The van der Waals surface area contributed by atoms with E-state index in [9.17, 15) is 9.59 Å². The molecule has 2 rings (SSSR count). The van der Waals surface area contributed by atoms with Crippen LogP contribution in [0.15, 0.2) is 27.8 Å². The molecule has 0 fully saturated rings. The van der Waals surface area contributed by atoms with Crippen LogP contribution >= 0.6 is 11.6 Å². The molecule has 1 aromatic carbocycles. The number of nitrogens with one attached hydrogen (secondary N) is 1. The monoisotopic (exact) mass is 210 g/mol. The normalized spacial score (nSPS) is 10.7. The molecule has 0 unspecified atom stereocenters. The Morgan fingerprint density at radius 1 is 1.36 bits per heavy atom. The summed E-state index contributed by atoms with van der Waals surface area (Å²) < 4.78 is 1.28. The lowest BCUT2D eigenvalue weighted by atomic mass is 10.3. The molecule has 1 aromatic heterocycles. The molecular weight excluding hydrogens is 204 g/mol. The third-order valence-electron chi connectivity index (χ3n) is 2.07. The van der Waals surface area contributed by atoms with Crippen molar-refractivity contribution in [3.63, 3.8) is 0 Å². The van der Waals surface area contributed by atoms with Crippen molar-refractivity contribution in [2.24, 2.45) is 7.05 Å². The summed E-state index contributed by atoms with van der Waals surface area (Å²) in [5.41, 5.74) is 0.00527. The second-order valence-electron chi connectivity index (χ2n) is 2.98. The van der Waals surface area contributed by atoms with Gasteiger partial charge in [0.1, 0.15) is 0 Å². The predicted octanol–water partition coefficient (Wildman–Crippen LogP) is 0.880. The minimum Gasteiger partial charge on any atom is -0.316 e. The number of aromatic nitrogens is 2. The summed E-state index contributed by atoms with van der Waals surface area (Å²) in [6.07, 6.45) is 0. The van der Waals surface area contributed by atoms with Gasteiger partial charge in [-0.15, -0.1) is 0 Å². The maximum atomic E-state index is 11.3. The maximum absolute atomic E-state index is 11.3. The quantitative estimate of drug-likeness (QED) is 0.657. The number of aromatic amines is 1. The average molecular weight is 211 g/mol. The lowest BCUT2D eigenvalue weighted by molar-refractivity contribution is 0.874. The SMILES string of the molecule is Cn1c(=O)c(=O)[nH]c2ccc(Cl)cc21. The van der Waals surface area contributed by atoms with Crippen molar-refractivity contribution in [3.05, 3.63) is 43.9 Å². The van der Waals surface area contributed by atoms with Gasteiger partial charge in [0.05, 0.1) is 11.0 Å². The third kappa shape index (κ3) is 1.24. The van der Waals surface area contributed by atoms with Gasteiger partial charge in [-0.25, -0.2) is 0 Å². The van der Waals surface area contributed by atoms with Crippen LogP contribution < -0.4 is 11.1 Å². The topological polar surface area (TPSA) is 54.9 Å². The summed E-state index contributed by atoms with van der Waals surface area (Å²) in [5, 5.41) is 0.527. The molecule has 72 valence electrons. The van der Waals surface area contributed by atoms with Crippen LogP contribution in [0.1, 0.15) is 0 Å². The lowest BCUT2D eigenvalue weighted by Crippen LogP contribution is -2.34. The van der Waals surface area contributed by atoms with Gasteiger partial charge in [-0.2, -0.15) is 0 Å². The highest BCUT2D eigenvalue weighted by Gasteiger charge is 2.03. The molecule has 2 aromatic rings. The number of fused-ring (bicyclic) bond motifs is 1. The van der Waals surface area contributed by atoms with Gasteiger partial charge in [-0.1, -0.05) is 11.6 Å². The molecule has 0 aliphatic rings. The van der Waals surface area contributed by atoms with Crippen LogP contribution in [0, 0.1) is 0 Å². The zero-order valence-corrected chi connectivity index (χ0v) is 8.13. The second kappa shape index (κ2) is 2.99. The van der Waals surface area contributed by atoms with Crippen molar-refractivity contribution in [3.8, 4) is 0 Å². The molecule has 1 N–H and O–H groups in total. The van der Waals surface area contributed by atoms with Gasteiger partial charge in [-0.3, -0.25) is 9.59 Å². The van der Waals surface area contributed by atoms with Crippen LogP contribution in [0.25, 0.3) is 11.0 Å². The molecule has 5 heteroatoms. The molecule has 0 amide bonds. The third-order valence-corrected chi connectivity index (χ3v) is 2.30. The molecule has 1 heterocycles. The fourth-order valence-electron chi connectivity index (χ4n) is 1.33. The summed E-state index contributed by atoms with van der Waals surface area (Å²) in [6, 6.07) is 4.96. The fraction of sp³-hybridized carbons (Fsp3) is 0.111. The van der Waals surface area contributed by atoms with E-state index in [0.29, 0.717) is 16.1 Å². The zero-order valence-electron chi connectivity index (χ0n) is 7.37. The minimum atomic E-state index is -0.623. The van der Waals surface area contributed by atoms with Gasteiger partial charge in [0.2, 0.25) is 0 Å². The Morgan fingerprint density at radius 3 is 2.79 bits per heavy atom. The van der Waals surface area contributed by atoms with Crippen LogP contribution in [0.4, 0.5) is 0 Å². The number of hydrogen-bond acceptors (Lipinski definition) is 2. The van der Waals surface area contributed by atoms with Crippen LogP contribution in [0.5, 0.6) is 0 Å². The maximum Gasteiger partial charge on any atom is 0.316 e. The Labute approximate surface area is 83.8 Å². The molecule has 4 nitrogen and oxygen atoms in total. The summed E-state index contributed by atoms with van der Waals surface area (Å²) in [4.78, 5) is 24.9. The Balaban J connectivity index is 3.07. The summed E-state index contributed by atoms with van der Waals surface area (Å²) >= 11 is 5.78. The molecule has 0 aliphatic carbocycles. The first kappa shape index (κ1) is 9.02. The molecule has 0 saturated heterocycles.